The SMILES string of the molecule is C=C(C)Cc1cc(OC)ccc1NC(C)=O. The number of hydrogen-bond donors (Lipinski definition) is 1. The van der Waals surface area contributed by atoms with E-state index in [0.29, 0.717) is 0 Å². The van der Waals surface area contributed by atoms with E-state index in [1.165, 1.54) is 6.92 Å². The summed E-state index contributed by atoms with van der Waals surface area (Å²) >= 11 is 0. The van der Waals surface area contributed by atoms with Gasteiger partial charge in [0.25, 0.3) is 0 Å². The van der Waals surface area contributed by atoms with Crippen molar-refractivity contribution in [3.05, 3.63) is 35.9 Å². The highest BCUT2D eigenvalue weighted by molar-refractivity contribution is 5.89. The summed E-state index contributed by atoms with van der Waals surface area (Å²) in [5, 5.41) is 2.79. The van der Waals surface area contributed by atoms with E-state index in [1.807, 2.05) is 25.1 Å². The van der Waals surface area contributed by atoms with Crippen LogP contribution in [0.1, 0.15) is 19.4 Å². The number of ether oxygens (including phenoxy) is 1. The second kappa shape index (κ2) is 5.35. The molecule has 1 N–H and O–H groups in total. The summed E-state index contributed by atoms with van der Waals surface area (Å²) in [5.74, 6) is 0.707. The first kappa shape index (κ1) is 12.3. The van der Waals surface area contributed by atoms with Crippen molar-refractivity contribution in [3.63, 3.8) is 0 Å². The monoisotopic (exact) mass is 219 g/mol. The van der Waals surface area contributed by atoms with Gasteiger partial charge in [0.1, 0.15) is 5.75 Å². The molecule has 0 aliphatic heterocycles. The van der Waals surface area contributed by atoms with Crippen molar-refractivity contribution in [3.8, 4) is 5.75 Å². The molecule has 3 heteroatoms. The molecule has 0 aromatic heterocycles. The van der Waals surface area contributed by atoms with Gasteiger partial charge in [0.2, 0.25) is 5.91 Å². The first-order valence-corrected chi connectivity index (χ1v) is 5.12. The molecule has 1 rings (SSSR count). The number of methoxy groups -OCH3 is 1. The van der Waals surface area contributed by atoms with Gasteiger partial charge >= 0.3 is 0 Å². The molecule has 1 aromatic rings. The van der Waals surface area contributed by atoms with Gasteiger partial charge in [-0.25, -0.2) is 0 Å². The molecule has 16 heavy (non-hydrogen) atoms. The van der Waals surface area contributed by atoms with Crippen molar-refractivity contribution in [2.24, 2.45) is 0 Å². The first-order valence-electron chi connectivity index (χ1n) is 5.12. The van der Waals surface area contributed by atoms with Crippen LogP contribution < -0.4 is 10.1 Å². The molecule has 0 saturated carbocycles. The summed E-state index contributed by atoms with van der Waals surface area (Å²) < 4.78 is 5.15. The zero-order valence-electron chi connectivity index (χ0n) is 9.96. The lowest BCUT2D eigenvalue weighted by Crippen LogP contribution is -2.08. The third kappa shape index (κ3) is 3.42. The predicted molar refractivity (Wildman–Crippen MR) is 65.8 cm³/mol. The molecule has 1 amide bonds. The highest BCUT2D eigenvalue weighted by atomic mass is 16.5. The van der Waals surface area contributed by atoms with Crippen molar-refractivity contribution in [1.29, 1.82) is 0 Å². The van der Waals surface area contributed by atoms with Gasteiger partial charge in [-0.3, -0.25) is 4.79 Å². The topological polar surface area (TPSA) is 38.3 Å². The van der Waals surface area contributed by atoms with Gasteiger partial charge in [0.15, 0.2) is 0 Å². The van der Waals surface area contributed by atoms with Crippen LogP contribution in [0.4, 0.5) is 5.69 Å². The number of benzene rings is 1. The molecule has 0 bridgehead atoms. The van der Waals surface area contributed by atoms with Crippen LogP contribution in [0, 0.1) is 0 Å². The Morgan fingerprint density at radius 3 is 2.62 bits per heavy atom. The number of rotatable bonds is 4. The summed E-state index contributed by atoms with van der Waals surface area (Å²) in [5.41, 5.74) is 2.87. The van der Waals surface area contributed by atoms with E-state index in [9.17, 15) is 4.79 Å². The van der Waals surface area contributed by atoms with E-state index in [4.69, 9.17) is 4.74 Å². The summed E-state index contributed by atoms with van der Waals surface area (Å²) in [4.78, 5) is 11.0. The van der Waals surface area contributed by atoms with Crippen molar-refractivity contribution in [1.82, 2.24) is 0 Å². The maximum Gasteiger partial charge on any atom is 0.221 e. The molecule has 0 aliphatic rings. The molecule has 0 atom stereocenters. The Kier molecular flexibility index (Phi) is 4.11. The zero-order valence-corrected chi connectivity index (χ0v) is 9.96. The number of allylic oxidation sites excluding steroid dienone is 1. The molecule has 0 spiro atoms. The van der Waals surface area contributed by atoms with Crippen molar-refractivity contribution in [2.45, 2.75) is 20.3 Å². The molecule has 0 saturated heterocycles. The molecule has 0 aliphatic carbocycles. The molecule has 0 unspecified atom stereocenters. The minimum Gasteiger partial charge on any atom is -0.497 e. The highest BCUT2D eigenvalue weighted by Crippen LogP contribution is 2.24. The zero-order chi connectivity index (χ0) is 12.1. The molecule has 0 heterocycles. The maximum atomic E-state index is 11.0. The normalized spacial score (nSPS) is 9.69. The minimum atomic E-state index is -0.0758. The van der Waals surface area contributed by atoms with Gasteiger partial charge in [0.05, 0.1) is 7.11 Å². The van der Waals surface area contributed by atoms with E-state index in [2.05, 4.69) is 11.9 Å². The Bertz CT molecular complexity index is 410. The summed E-state index contributed by atoms with van der Waals surface area (Å²) in [6, 6.07) is 5.59. The van der Waals surface area contributed by atoms with E-state index < -0.39 is 0 Å². The molecular formula is C13H17NO2. The minimum absolute atomic E-state index is 0.0758. The van der Waals surface area contributed by atoms with E-state index in [-0.39, 0.29) is 5.91 Å². The third-order valence-electron chi connectivity index (χ3n) is 2.12. The van der Waals surface area contributed by atoms with E-state index in [0.717, 1.165) is 29.0 Å². The Hall–Kier alpha value is -1.77. The van der Waals surface area contributed by atoms with Crippen LogP contribution in [0.25, 0.3) is 0 Å². The van der Waals surface area contributed by atoms with E-state index >= 15 is 0 Å². The average molecular weight is 219 g/mol. The highest BCUT2D eigenvalue weighted by Gasteiger charge is 2.06. The van der Waals surface area contributed by atoms with Gasteiger partial charge in [-0.1, -0.05) is 12.2 Å². The Morgan fingerprint density at radius 1 is 1.44 bits per heavy atom. The van der Waals surface area contributed by atoms with Crippen LogP contribution in [0.15, 0.2) is 30.4 Å². The third-order valence-corrected chi connectivity index (χ3v) is 2.12. The maximum absolute atomic E-state index is 11.0. The van der Waals surface area contributed by atoms with Gasteiger partial charge in [-0.05, 0) is 37.1 Å². The fourth-order valence-electron chi connectivity index (χ4n) is 1.48. The lowest BCUT2D eigenvalue weighted by molar-refractivity contribution is -0.114. The fraction of sp³-hybridized carbons (Fsp3) is 0.308. The molecule has 0 radical (unpaired) electrons. The second-order valence-corrected chi connectivity index (χ2v) is 3.84. The molecule has 0 fully saturated rings. The lowest BCUT2D eigenvalue weighted by Gasteiger charge is -2.11. The van der Waals surface area contributed by atoms with Crippen molar-refractivity contribution < 1.29 is 9.53 Å². The predicted octanol–water partition coefficient (Wildman–Crippen LogP) is 2.77. The number of nitrogens with one attached hydrogen (secondary N) is 1. The summed E-state index contributed by atoms with van der Waals surface area (Å²) in [7, 11) is 1.62. The second-order valence-electron chi connectivity index (χ2n) is 3.84. The summed E-state index contributed by atoms with van der Waals surface area (Å²) in [6.07, 6.45) is 0.729. The molecule has 1 aromatic carbocycles. The molecule has 86 valence electrons. The average Bonchev–Trinajstić information content (AvgIpc) is 2.19. The quantitative estimate of drug-likeness (QED) is 0.791. The van der Waals surface area contributed by atoms with E-state index in [1.54, 1.807) is 7.11 Å². The fourth-order valence-corrected chi connectivity index (χ4v) is 1.48. The standard InChI is InChI=1S/C13H17NO2/c1-9(2)7-11-8-12(16-4)5-6-13(11)14-10(3)15/h5-6,8H,1,7H2,2-4H3,(H,14,15). The number of carbonyl (C=O) groups is 1. The van der Waals surface area contributed by atoms with Gasteiger partial charge in [-0.2, -0.15) is 0 Å². The smallest absolute Gasteiger partial charge is 0.221 e. The van der Waals surface area contributed by atoms with Crippen LogP contribution in [-0.2, 0) is 11.2 Å². The first-order chi connectivity index (χ1) is 7.52. The van der Waals surface area contributed by atoms with Crippen molar-refractivity contribution in [2.75, 3.05) is 12.4 Å². The Morgan fingerprint density at radius 2 is 2.12 bits per heavy atom. The summed E-state index contributed by atoms with van der Waals surface area (Å²) in [6.45, 7) is 7.32. The largest absolute Gasteiger partial charge is 0.497 e. The number of anilines is 1. The molecular weight excluding hydrogens is 202 g/mol. The lowest BCUT2D eigenvalue weighted by atomic mass is 10.0. The van der Waals surface area contributed by atoms with Gasteiger partial charge < -0.3 is 10.1 Å². The Balaban J connectivity index is 3.05. The number of amides is 1. The van der Waals surface area contributed by atoms with Crippen LogP contribution >= 0.6 is 0 Å². The number of hydrogen-bond acceptors (Lipinski definition) is 2. The van der Waals surface area contributed by atoms with Crippen LogP contribution in [-0.4, -0.2) is 13.0 Å². The van der Waals surface area contributed by atoms with Gasteiger partial charge in [-0.15, -0.1) is 0 Å². The number of carbonyl (C=O) groups excluding carboxylic acids is 1. The van der Waals surface area contributed by atoms with Gasteiger partial charge in [0, 0.05) is 12.6 Å². The van der Waals surface area contributed by atoms with Crippen LogP contribution in [0.2, 0.25) is 0 Å². The van der Waals surface area contributed by atoms with Crippen LogP contribution in [0.5, 0.6) is 5.75 Å². The molecule has 3 nitrogen and oxygen atoms in total. The Labute approximate surface area is 96.1 Å². The van der Waals surface area contributed by atoms with Crippen molar-refractivity contribution >= 4 is 11.6 Å². The van der Waals surface area contributed by atoms with Crippen LogP contribution in [0.3, 0.4) is 0 Å².